The molecule has 0 radical (unpaired) electrons. The number of anilines is 2. The van der Waals surface area contributed by atoms with Gasteiger partial charge in [0, 0.05) is 43.8 Å². The Balaban J connectivity index is 1.50. The summed E-state index contributed by atoms with van der Waals surface area (Å²) in [6.07, 6.45) is 1.37. The Labute approximate surface area is 158 Å². The third-order valence-electron chi connectivity index (χ3n) is 4.64. The molecule has 1 fully saturated rings. The summed E-state index contributed by atoms with van der Waals surface area (Å²) in [4.78, 5) is 21.1. The van der Waals surface area contributed by atoms with Gasteiger partial charge in [-0.2, -0.15) is 0 Å². The fraction of sp³-hybridized carbons (Fsp3) is 0.474. The number of nitrogens with zero attached hydrogens (tertiary/aromatic N) is 3. The first kappa shape index (κ1) is 18.8. The van der Waals surface area contributed by atoms with Crippen molar-refractivity contribution in [2.75, 3.05) is 44.6 Å². The molecule has 0 spiro atoms. The molecular formula is C19H26N4O2S. The normalized spacial score (nSPS) is 15.2. The van der Waals surface area contributed by atoms with E-state index >= 15 is 0 Å². The second-order valence-corrected chi connectivity index (χ2v) is 7.30. The molecule has 1 aromatic heterocycles. The van der Waals surface area contributed by atoms with Crippen LogP contribution in [0.2, 0.25) is 0 Å². The Bertz CT molecular complexity index is 709. The highest BCUT2D eigenvalue weighted by Crippen LogP contribution is 2.22. The molecule has 1 aliphatic rings. The number of aryl methyl sites for hydroxylation is 1. The molecule has 0 atom stereocenters. The van der Waals surface area contributed by atoms with Crippen LogP contribution in [-0.2, 0) is 17.6 Å². The van der Waals surface area contributed by atoms with Crippen LogP contribution >= 0.6 is 11.3 Å². The van der Waals surface area contributed by atoms with Crippen LogP contribution in [0, 0.1) is 0 Å². The smallest absolute Gasteiger partial charge is 0.228 e. The minimum absolute atomic E-state index is 0.123. The molecule has 2 aromatic rings. The van der Waals surface area contributed by atoms with Gasteiger partial charge in [-0.15, -0.1) is 11.3 Å². The molecule has 7 heteroatoms. The Hall–Kier alpha value is -1.96. The maximum Gasteiger partial charge on any atom is 0.228 e. The third-order valence-corrected chi connectivity index (χ3v) is 5.45. The van der Waals surface area contributed by atoms with E-state index in [1.165, 1.54) is 16.9 Å². The topological polar surface area (TPSA) is 68.7 Å². The summed E-state index contributed by atoms with van der Waals surface area (Å²) >= 11 is 1.52. The molecule has 1 amide bonds. The van der Waals surface area contributed by atoms with Crippen molar-refractivity contribution in [3.63, 3.8) is 0 Å². The van der Waals surface area contributed by atoms with E-state index in [0.29, 0.717) is 13.0 Å². The van der Waals surface area contributed by atoms with Crippen LogP contribution in [0.15, 0.2) is 29.6 Å². The molecule has 3 rings (SSSR count). The number of benzene rings is 1. The Morgan fingerprint density at radius 3 is 2.62 bits per heavy atom. The van der Waals surface area contributed by atoms with Crippen LogP contribution in [0.5, 0.6) is 0 Å². The van der Waals surface area contributed by atoms with Gasteiger partial charge in [0.25, 0.3) is 0 Å². The van der Waals surface area contributed by atoms with Crippen molar-refractivity contribution in [1.82, 2.24) is 14.8 Å². The maximum absolute atomic E-state index is 12.5. The number of β-amino-alcohol motifs (C(OH)–C–C–N with tert-alkyl or cyclic N) is 1. The Kier molecular flexibility index (Phi) is 6.60. The van der Waals surface area contributed by atoms with Gasteiger partial charge in [0.1, 0.15) is 0 Å². The fourth-order valence-electron chi connectivity index (χ4n) is 3.02. The molecule has 1 saturated heterocycles. The number of carbonyl (C=O) groups excluding carboxylic acids is 1. The Morgan fingerprint density at radius 1 is 1.23 bits per heavy atom. The SMILES string of the molecule is CCc1ccc(Nc2nc(CC(=O)N3CCN(CCO)CC3)cs2)cc1. The molecule has 6 nitrogen and oxygen atoms in total. The van der Waals surface area contributed by atoms with E-state index in [2.05, 4.69) is 46.4 Å². The molecule has 2 N–H and O–H groups in total. The molecule has 26 heavy (non-hydrogen) atoms. The quantitative estimate of drug-likeness (QED) is 0.777. The van der Waals surface area contributed by atoms with Gasteiger partial charge in [-0.1, -0.05) is 19.1 Å². The standard InChI is InChI=1S/C19H26N4O2S/c1-2-15-3-5-16(6-4-15)20-19-21-17(14-26-19)13-18(25)23-9-7-22(8-10-23)11-12-24/h3-6,14,24H,2,7-13H2,1H3,(H,20,21). The molecule has 0 bridgehead atoms. The summed E-state index contributed by atoms with van der Waals surface area (Å²) in [6, 6.07) is 8.32. The van der Waals surface area contributed by atoms with Crippen LogP contribution in [0.3, 0.4) is 0 Å². The van der Waals surface area contributed by atoms with E-state index in [1.807, 2.05) is 10.3 Å². The van der Waals surface area contributed by atoms with Gasteiger partial charge >= 0.3 is 0 Å². The van der Waals surface area contributed by atoms with E-state index < -0.39 is 0 Å². The number of amides is 1. The number of hydrogen-bond acceptors (Lipinski definition) is 6. The van der Waals surface area contributed by atoms with Gasteiger partial charge in [0.15, 0.2) is 5.13 Å². The highest BCUT2D eigenvalue weighted by Gasteiger charge is 2.21. The number of piperazine rings is 1. The van der Waals surface area contributed by atoms with Crippen molar-refractivity contribution in [3.05, 3.63) is 40.9 Å². The van der Waals surface area contributed by atoms with E-state index in [4.69, 9.17) is 5.11 Å². The molecule has 1 aliphatic heterocycles. The highest BCUT2D eigenvalue weighted by molar-refractivity contribution is 7.13. The molecule has 2 heterocycles. The van der Waals surface area contributed by atoms with Crippen LogP contribution < -0.4 is 5.32 Å². The zero-order valence-electron chi connectivity index (χ0n) is 15.1. The minimum atomic E-state index is 0.123. The number of nitrogens with one attached hydrogen (secondary N) is 1. The second-order valence-electron chi connectivity index (χ2n) is 6.44. The zero-order valence-corrected chi connectivity index (χ0v) is 16.0. The van der Waals surface area contributed by atoms with Crippen molar-refractivity contribution in [1.29, 1.82) is 0 Å². The highest BCUT2D eigenvalue weighted by atomic mass is 32.1. The first-order valence-corrected chi connectivity index (χ1v) is 9.97. The number of aliphatic hydroxyl groups is 1. The number of hydrogen-bond donors (Lipinski definition) is 2. The summed E-state index contributed by atoms with van der Waals surface area (Å²) in [5, 5.41) is 15.0. The minimum Gasteiger partial charge on any atom is -0.395 e. The maximum atomic E-state index is 12.5. The van der Waals surface area contributed by atoms with Crippen LogP contribution in [0.4, 0.5) is 10.8 Å². The van der Waals surface area contributed by atoms with E-state index in [-0.39, 0.29) is 12.5 Å². The summed E-state index contributed by atoms with van der Waals surface area (Å²) in [7, 11) is 0. The number of carbonyl (C=O) groups is 1. The van der Waals surface area contributed by atoms with Gasteiger partial charge in [-0.25, -0.2) is 4.98 Å². The number of aliphatic hydroxyl groups excluding tert-OH is 1. The number of thiazole rings is 1. The lowest BCUT2D eigenvalue weighted by Gasteiger charge is -2.34. The summed E-state index contributed by atoms with van der Waals surface area (Å²) in [5.41, 5.74) is 3.12. The number of aromatic nitrogens is 1. The summed E-state index contributed by atoms with van der Waals surface area (Å²) < 4.78 is 0. The largest absolute Gasteiger partial charge is 0.395 e. The predicted octanol–water partition coefficient (Wildman–Crippen LogP) is 2.13. The first-order chi connectivity index (χ1) is 12.7. The average Bonchev–Trinajstić information content (AvgIpc) is 3.10. The zero-order chi connectivity index (χ0) is 18.4. The van der Waals surface area contributed by atoms with Crippen LogP contribution in [0.25, 0.3) is 0 Å². The molecular weight excluding hydrogens is 348 g/mol. The van der Waals surface area contributed by atoms with E-state index in [0.717, 1.165) is 49.1 Å². The average molecular weight is 375 g/mol. The van der Waals surface area contributed by atoms with Gasteiger partial charge in [0.2, 0.25) is 5.91 Å². The van der Waals surface area contributed by atoms with Gasteiger partial charge in [0.05, 0.1) is 18.7 Å². The van der Waals surface area contributed by atoms with Crippen LogP contribution in [-0.4, -0.2) is 65.1 Å². The molecule has 1 aromatic carbocycles. The molecule has 140 valence electrons. The monoisotopic (exact) mass is 374 g/mol. The van der Waals surface area contributed by atoms with Gasteiger partial charge in [-0.3, -0.25) is 9.69 Å². The second kappa shape index (κ2) is 9.12. The van der Waals surface area contributed by atoms with E-state index in [9.17, 15) is 4.79 Å². The lowest BCUT2D eigenvalue weighted by Crippen LogP contribution is -2.49. The molecule has 0 aliphatic carbocycles. The lowest BCUT2D eigenvalue weighted by molar-refractivity contribution is -0.132. The van der Waals surface area contributed by atoms with Crippen LogP contribution in [0.1, 0.15) is 18.2 Å². The van der Waals surface area contributed by atoms with E-state index in [1.54, 1.807) is 0 Å². The van der Waals surface area contributed by atoms with Crippen molar-refractivity contribution in [3.8, 4) is 0 Å². The van der Waals surface area contributed by atoms with Gasteiger partial charge in [-0.05, 0) is 24.1 Å². The van der Waals surface area contributed by atoms with Crippen molar-refractivity contribution >= 4 is 28.1 Å². The predicted molar refractivity (Wildman–Crippen MR) is 105 cm³/mol. The van der Waals surface area contributed by atoms with Crippen molar-refractivity contribution < 1.29 is 9.90 Å². The first-order valence-electron chi connectivity index (χ1n) is 9.09. The fourth-order valence-corrected chi connectivity index (χ4v) is 3.75. The number of rotatable bonds is 7. The Morgan fingerprint density at radius 2 is 1.96 bits per heavy atom. The summed E-state index contributed by atoms with van der Waals surface area (Å²) in [5.74, 6) is 0.123. The van der Waals surface area contributed by atoms with Gasteiger partial charge < -0.3 is 15.3 Å². The molecule has 0 unspecified atom stereocenters. The summed E-state index contributed by atoms with van der Waals surface area (Å²) in [6.45, 7) is 6.08. The van der Waals surface area contributed by atoms with Crippen molar-refractivity contribution in [2.24, 2.45) is 0 Å². The molecule has 0 saturated carbocycles. The van der Waals surface area contributed by atoms with Crippen molar-refractivity contribution in [2.45, 2.75) is 19.8 Å². The lowest BCUT2D eigenvalue weighted by atomic mass is 10.1. The third kappa shape index (κ3) is 5.03.